The van der Waals surface area contributed by atoms with Crippen LogP contribution in [0.25, 0.3) is 0 Å². The molecule has 54 heavy (non-hydrogen) atoms. The van der Waals surface area contributed by atoms with Crippen LogP contribution in [0.5, 0.6) is 0 Å². The summed E-state index contributed by atoms with van der Waals surface area (Å²) in [4.78, 5) is 12.3. The molecule has 3 rings (SSSR count). The summed E-state index contributed by atoms with van der Waals surface area (Å²) in [5.41, 5.74) is 0.787. The van der Waals surface area contributed by atoms with Crippen molar-refractivity contribution in [2.75, 3.05) is 0 Å². The van der Waals surface area contributed by atoms with E-state index in [-0.39, 0.29) is 54.8 Å². The van der Waals surface area contributed by atoms with Gasteiger partial charge in [0.05, 0.1) is 36.6 Å². The van der Waals surface area contributed by atoms with Gasteiger partial charge in [-0.1, -0.05) is 96.8 Å². The third kappa shape index (κ3) is 19.9. The largest absolute Gasteiger partial charge is 0.455 e. The Morgan fingerprint density at radius 1 is 0.593 bits per heavy atom. The highest BCUT2D eigenvalue weighted by Crippen LogP contribution is 2.37. The molecule has 0 N–H and O–H groups in total. The van der Waals surface area contributed by atoms with Crippen LogP contribution < -0.4 is 0 Å². The summed E-state index contributed by atoms with van der Waals surface area (Å²) in [6.07, 6.45) is 29.3. The fraction of sp³-hybridized carbons (Fsp3) is 0.932. The third-order valence-corrected chi connectivity index (χ3v) is 14.1. The van der Waals surface area contributed by atoms with Gasteiger partial charge in [-0.05, 0) is 117 Å². The van der Waals surface area contributed by atoms with Crippen LogP contribution in [0.1, 0.15) is 155 Å². The molecule has 0 aliphatic carbocycles. The van der Waals surface area contributed by atoms with Crippen molar-refractivity contribution in [1.82, 2.24) is 0 Å². The maximum Gasteiger partial charge on any atom is 0.334 e. The number of hydrogen-bond donors (Lipinski definition) is 0. The standard InChI is InChI=1S/C44H86O7Si3/c1-12-13-14-15-16-17-18-19-20-24-27-42(50-53(6,7)8)40-31-29-38(47-40)39-30-32-41(48-39)43(51-54(9,10)11)28-25-22-21-23-26-37(49-52(3,4)5)34-36-33-35(2)46-44(36)45/h33,35,37-43H,12-32,34H2,1-11H3/t35-,37+,38+,39+,40+,41+,42+,43+/m0/s1. The van der Waals surface area contributed by atoms with E-state index in [1.165, 1.54) is 70.6 Å². The quantitative estimate of drug-likeness (QED) is 0.0423. The first-order chi connectivity index (χ1) is 25.4. The third-order valence-electron chi connectivity index (χ3n) is 11.0. The molecule has 10 heteroatoms. The Hall–Kier alpha value is -0.339. The van der Waals surface area contributed by atoms with Crippen molar-refractivity contribution in [3.8, 4) is 0 Å². The summed E-state index contributed by atoms with van der Waals surface area (Å²) in [6.45, 7) is 24.8. The molecule has 2 fully saturated rings. The van der Waals surface area contributed by atoms with Gasteiger partial charge in [-0.3, -0.25) is 0 Å². The predicted molar refractivity (Wildman–Crippen MR) is 233 cm³/mol. The summed E-state index contributed by atoms with van der Waals surface area (Å²) >= 11 is 0. The van der Waals surface area contributed by atoms with E-state index >= 15 is 0 Å². The van der Waals surface area contributed by atoms with Crippen LogP contribution in [-0.4, -0.2) is 79.8 Å². The number of unbranched alkanes of at least 4 members (excludes halogenated alkanes) is 12. The second kappa shape index (κ2) is 23.9. The zero-order valence-electron chi connectivity index (χ0n) is 37.1. The van der Waals surface area contributed by atoms with Crippen LogP contribution >= 0.6 is 0 Å². The molecule has 2 saturated heterocycles. The molecule has 0 amide bonds. The van der Waals surface area contributed by atoms with Crippen molar-refractivity contribution in [2.24, 2.45) is 0 Å². The molecule has 0 aromatic rings. The maximum atomic E-state index is 12.3. The Morgan fingerprint density at radius 2 is 1.00 bits per heavy atom. The first-order valence-electron chi connectivity index (χ1n) is 22.7. The molecule has 0 bridgehead atoms. The highest BCUT2D eigenvalue weighted by Gasteiger charge is 2.43. The van der Waals surface area contributed by atoms with Gasteiger partial charge in [0.15, 0.2) is 25.0 Å². The second-order valence-electron chi connectivity index (χ2n) is 19.9. The molecule has 0 aromatic carbocycles. The lowest BCUT2D eigenvalue weighted by molar-refractivity contribution is -0.139. The van der Waals surface area contributed by atoms with Gasteiger partial charge in [0.1, 0.15) is 6.10 Å². The number of carbonyl (C=O) groups excluding carboxylic acids is 1. The summed E-state index contributed by atoms with van der Waals surface area (Å²) in [5, 5.41) is 0. The van der Waals surface area contributed by atoms with Crippen molar-refractivity contribution in [3.05, 3.63) is 11.6 Å². The van der Waals surface area contributed by atoms with Crippen LogP contribution in [0.3, 0.4) is 0 Å². The Morgan fingerprint density at radius 3 is 1.39 bits per heavy atom. The van der Waals surface area contributed by atoms with Gasteiger partial charge in [-0.2, -0.15) is 0 Å². The predicted octanol–water partition coefficient (Wildman–Crippen LogP) is 12.7. The maximum absolute atomic E-state index is 12.3. The van der Waals surface area contributed by atoms with Gasteiger partial charge in [-0.25, -0.2) is 4.79 Å². The van der Waals surface area contributed by atoms with E-state index in [0.717, 1.165) is 69.8 Å². The molecule has 7 nitrogen and oxygen atoms in total. The Kier molecular flexibility index (Phi) is 21.3. The number of carbonyl (C=O) groups is 1. The Labute approximate surface area is 336 Å². The van der Waals surface area contributed by atoms with E-state index in [1.54, 1.807) is 0 Å². The fourth-order valence-electron chi connectivity index (χ4n) is 8.66. The van der Waals surface area contributed by atoms with Gasteiger partial charge in [0.25, 0.3) is 0 Å². The van der Waals surface area contributed by atoms with Crippen LogP contribution in [0, 0.1) is 0 Å². The summed E-state index contributed by atoms with van der Waals surface area (Å²) in [7, 11) is -5.16. The minimum atomic E-state index is -1.74. The van der Waals surface area contributed by atoms with Crippen molar-refractivity contribution in [3.63, 3.8) is 0 Å². The summed E-state index contributed by atoms with van der Waals surface area (Å²) in [6, 6.07) is 0. The lowest BCUT2D eigenvalue weighted by atomic mass is 9.99. The lowest BCUT2D eigenvalue weighted by Crippen LogP contribution is -2.41. The molecule has 8 atom stereocenters. The fourth-order valence-corrected chi connectivity index (χ4v) is 12.2. The molecule has 0 spiro atoms. The van der Waals surface area contributed by atoms with Gasteiger partial charge in [0, 0.05) is 18.1 Å². The molecule has 3 heterocycles. The second-order valence-corrected chi connectivity index (χ2v) is 33.3. The van der Waals surface area contributed by atoms with E-state index < -0.39 is 25.0 Å². The summed E-state index contributed by atoms with van der Waals surface area (Å²) in [5.74, 6) is -0.171. The molecule has 0 aromatic heterocycles. The minimum Gasteiger partial charge on any atom is -0.455 e. The van der Waals surface area contributed by atoms with Crippen molar-refractivity contribution in [1.29, 1.82) is 0 Å². The molecule has 0 unspecified atom stereocenters. The SMILES string of the molecule is CCCCCCCCCCCC[C@@H](O[Si](C)(C)C)[C@H]1CC[C@H]([C@H]2CC[C@H]([C@@H](CCCCCC[C@H](CC3=C[C@H](C)OC3=O)O[Si](C)(C)C)O[Si](C)(C)C)O2)O1. The lowest BCUT2D eigenvalue weighted by Gasteiger charge is -2.32. The van der Waals surface area contributed by atoms with Gasteiger partial charge >= 0.3 is 5.97 Å². The van der Waals surface area contributed by atoms with Gasteiger partial charge in [-0.15, -0.1) is 0 Å². The molecule has 316 valence electrons. The number of ether oxygens (including phenoxy) is 3. The van der Waals surface area contributed by atoms with Gasteiger partial charge in [0.2, 0.25) is 0 Å². The molecular formula is C44H86O7Si3. The van der Waals surface area contributed by atoms with Crippen LogP contribution in [0.2, 0.25) is 58.9 Å². The van der Waals surface area contributed by atoms with Crippen molar-refractivity contribution < 1.29 is 32.3 Å². The highest BCUT2D eigenvalue weighted by molar-refractivity contribution is 6.70. The highest BCUT2D eigenvalue weighted by atomic mass is 28.4. The summed E-state index contributed by atoms with van der Waals surface area (Å²) < 4.78 is 39.2. The Balaban J connectivity index is 1.43. The Bertz CT molecular complexity index is 1080. The topological polar surface area (TPSA) is 72.5 Å². The smallest absolute Gasteiger partial charge is 0.334 e. The first kappa shape index (κ1) is 48.0. The molecule has 3 aliphatic rings. The average Bonchev–Trinajstić information content (AvgIpc) is 3.81. The van der Waals surface area contributed by atoms with E-state index in [4.69, 9.17) is 27.5 Å². The zero-order valence-corrected chi connectivity index (χ0v) is 40.1. The average molecular weight is 811 g/mol. The number of esters is 1. The van der Waals surface area contributed by atoms with Crippen molar-refractivity contribution >= 4 is 30.9 Å². The van der Waals surface area contributed by atoms with E-state index in [1.807, 2.05) is 13.0 Å². The number of rotatable bonds is 29. The van der Waals surface area contributed by atoms with E-state index in [0.29, 0.717) is 6.42 Å². The molecule has 0 radical (unpaired) electrons. The van der Waals surface area contributed by atoms with Crippen LogP contribution in [0.15, 0.2) is 11.6 Å². The van der Waals surface area contributed by atoms with E-state index in [9.17, 15) is 4.79 Å². The van der Waals surface area contributed by atoms with E-state index in [2.05, 4.69) is 65.8 Å². The first-order valence-corrected chi connectivity index (χ1v) is 32.9. The van der Waals surface area contributed by atoms with Crippen LogP contribution in [0.4, 0.5) is 0 Å². The van der Waals surface area contributed by atoms with Crippen LogP contribution in [-0.2, 0) is 32.3 Å². The minimum absolute atomic E-state index is 0.0852. The zero-order chi connectivity index (χ0) is 39.8. The number of hydrogen-bond acceptors (Lipinski definition) is 7. The molecule has 0 saturated carbocycles. The normalized spacial score (nSPS) is 25.6. The molecular weight excluding hydrogens is 725 g/mol. The van der Waals surface area contributed by atoms with Gasteiger partial charge < -0.3 is 27.5 Å². The number of cyclic esters (lactones) is 1. The molecule has 3 aliphatic heterocycles. The van der Waals surface area contributed by atoms with Crippen molar-refractivity contribution in [2.45, 2.75) is 263 Å². The monoisotopic (exact) mass is 811 g/mol.